The third-order valence-electron chi connectivity index (χ3n) is 2.62. The normalized spacial score (nSPS) is 10.3. The number of anilines is 2. The van der Waals surface area contributed by atoms with Crippen molar-refractivity contribution in [2.24, 2.45) is 0 Å². The third-order valence-corrected chi connectivity index (χ3v) is 4.32. The van der Waals surface area contributed by atoms with Crippen molar-refractivity contribution in [3.63, 3.8) is 0 Å². The molecule has 2 N–H and O–H groups in total. The molecular formula is C14H12BrCl2N3O. The van der Waals surface area contributed by atoms with Crippen LogP contribution in [-0.4, -0.2) is 17.4 Å². The van der Waals surface area contributed by atoms with Crippen molar-refractivity contribution in [1.82, 2.24) is 4.98 Å². The Bertz CT molecular complexity index is 679. The van der Waals surface area contributed by atoms with Crippen LogP contribution < -0.4 is 10.6 Å². The van der Waals surface area contributed by atoms with Gasteiger partial charge in [-0.3, -0.25) is 4.79 Å². The van der Waals surface area contributed by atoms with Crippen molar-refractivity contribution in [1.29, 1.82) is 0 Å². The lowest BCUT2D eigenvalue weighted by molar-refractivity contribution is 0.102. The summed E-state index contributed by atoms with van der Waals surface area (Å²) in [6.45, 7) is 2.65. The summed E-state index contributed by atoms with van der Waals surface area (Å²) in [5.41, 5.74) is 0.709. The monoisotopic (exact) mass is 387 g/mol. The second kappa shape index (κ2) is 7.11. The van der Waals surface area contributed by atoms with Crippen LogP contribution in [0.1, 0.15) is 17.4 Å². The molecule has 0 spiro atoms. The van der Waals surface area contributed by atoms with E-state index in [-0.39, 0.29) is 10.7 Å². The van der Waals surface area contributed by atoms with E-state index in [2.05, 4.69) is 31.5 Å². The lowest BCUT2D eigenvalue weighted by Gasteiger charge is -2.10. The number of carbonyl (C=O) groups excluding carboxylic acids is 1. The van der Waals surface area contributed by atoms with Crippen LogP contribution in [0.25, 0.3) is 0 Å². The highest BCUT2D eigenvalue weighted by atomic mass is 79.9. The predicted molar refractivity (Wildman–Crippen MR) is 90.5 cm³/mol. The first kappa shape index (κ1) is 16.1. The average molecular weight is 389 g/mol. The van der Waals surface area contributed by atoms with E-state index in [1.54, 1.807) is 30.3 Å². The van der Waals surface area contributed by atoms with Gasteiger partial charge in [0.15, 0.2) is 0 Å². The van der Waals surface area contributed by atoms with Gasteiger partial charge in [0.2, 0.25) is 0 Å². The van der Waals surface area contributed by atoms with Crippen LogP contribution >= 0.6 is 39.1 Å². The Morgan fingerprint density at radius 3 is 2.71 bits per heavy atom. The molecule has 0 atom stereocenters. The maximum atomic E-state index is 12.3. The first-order valence-corrected chi connectivity index (χ1v) is 7.73. The molecule has 2 rings (SSSR count). The number of nitrogens with zero attached hydrogens (tertiary/aromatic N) is 1. The zero-order chi connectivity index (χ0) is 15.4. The molecule has 0 saturated carbocycles. The van der Waals surface area contributed by atoms with Crippen molar-refractivity contribution in [3.05, 3.63) is 50.5 Å². The highest BCUT2D eigenvalue weighted by molar-refractivity contribution is 9.10. The SMILES string of the molecule is CCNc1ccc(Cl)c(C(=O)Nc2cccc(Cl)c2Br)n1. The molecule has 0 fully saturated rings. The van der Waals surface area contributed by atoms with E-state index in [1.165, 1.54) is 0 Å². The predicted octanol–water partition coefficient (Wildman–Crippen LogP) is 4.84. The van der Waals surface area contributed by atoms with Gasteiger partial charge in [0.25, 0.3) is 5.91 Å². The maximum absolute atomic E-state index is 12.3. The van der Waals surface area contributed by atoms with Crippen molar-refractivity contribution in [3.8, 4) is 0 Å². The Kier molecular flexibility index (Phi) is 5.45. The number of nitrogens with one attached hydrogen (secondary N) is 2. The fraction of sp³-hybridized carbons (Fsp3) is 0.143. The Balaban J connectivity index is 2.28. The Hall–Kier alpha value is -1.30. The van der Waals surface area contributed by atoms with E-state index in [4.69, 9.17) is 23.2 Å². The number of benzene rings is 1. The molecule has 1 amide bonds. The minimum Gasteiger partial charge on any atom is -0.370 e. The van der Waals surface area contributed by atoms with E-state index >= 15 is 0 Å². The summed E-state index contributed by atoms with van der Waals surface area (Å²) in [6.07, 6.45) is 0. The van der Waals surface area contributed by atoms with Crippen LogP contribution in [0.3, 0.4) is 0 Å². The summed E-state index contributed by atoms with van der Waals surface area (Å²) < 4.78 is 0.610. The number of rotatable bonds is 4. The fourth-order valence-corrected chi connectivity index (χ4v) is 2.39. The van der Waals surface area contributed by atoms with Crippen LogP contribution in [0, 0.1) is 0 Å². The smallest absolute Gasteiger partial charge is 0.275 e. The van der Waals surface area contributed by atoms with Gasteiger partial charge in [-0.1, -0.05) is 29.3 Å². The van der Waals surface area contributed by atoms with Gasteiger partial charge in [0.1, 0.15) is 11.5 Å². The van der Waals surface area contributed by atoms with E-state index < -0.39 is 5.91 Å². The van der Waals surface area contributed by atoms with Crippen molar-refractivity contribution >= 4 is 56.5 Å². The number of halogens is 3. The summed E-state index contributed by atoms with van der Waals surface area (Å²) in [7, 11) is 0. The number of hydrogen-bond donors (Lipinski definition) is 2. The fourth-order valence-electron chi connectivity index (χ4n) is 1.66. The highest BCUT2D eigenvalue weighted by Gasteiger charge is 2.15. The molecule has 0 bridgehead atoms. The number of hydrogen-bond acceptors (Lipinski definition) is 3. The zero-order valence-electron chi connectivity index (χ0n) is 11.1. The maximum Gasteiger partial charge on any atom is 0.275 e. The summed E-state index contributed by atoms with van der Waals surface area (Å²) in [5.74, 6) is 0.194. The van der Waals surface area contributed by atoms with Crippen LogP contribution in [0.4, 0.5) is 11.5 Å². The van der Waals surface area contributed by atoms with Gasteiger partial charge in [-0.05, 0) is 47.1 Å². The van der Waals surface area contributed by atoms with Crippen molar-refractivity contribution in [2.45, 2.75) is 6.92 Å². The molecule has 1 aromatic heterocycles. The lowest BCUT2D eigenvalue weighted by Crippen LogP contribution is -2.15. The standard InChI is InChI=1S/C14H12BrCl2N3O/c1-2-18-11-7-6-9(17)13(20-11)14(21)19-10-5-3-4-8(16)12(10)15/h3-7H,2H2,1H3,(H,18,20)(H,19,21). The molecule has 4 nitrogen and oxygen atoms in total. The molecule has 1 aromatic carbocycles. The molecule has 2 aromatic rings. The summed E-state index contributed by atoms with van der Waals surface area (Å²) >= 11 is 15.4. The van der Waals surface area contributed by atoms with Crippen molar-refractivity contribution in [2.75, 3.05) is 17.2 Å². The van der Waals surface area contributed by atoms with Gasteiger partial charge < -0.3 is 10.6 Å². The van der Waals surface area contributed by atoms with Gasteiger partial charge in [0.05, 0.1) is 20.2 Å². The number of aromatic nitrogens is 1. The molecule has 0 saturated heterocycles. The minimum absolute atomic E-state index is 0.155. The molecule has 21 heavy (non-hydrogen) atoms. The molecular weight excluding hydrogens is 377 g/mol. The van der Waals surface area contributed by atoms with Gasteiger partial charge >= 0.3 is 0 Å². The Morgan fingerprint density at radius 2 is 2.00 bits per heavy atom. The lowest BCUT2D eigenvalue weighted by atomic mass is 10.3. The quantitative estimate of drug-likeness (QED) is 0.788. The van der Waals surface area contributed by atoms with Gasteiger partial charge in [-0.15, -0.1) is 0 Å². The second-order valence-corrected chi connectivity index (χ2v) is 5.72. The zero-order valence-corrected chi connectivity index (χ0v) is 14.2. The van der Waals surface area contributed by atoms with E-state index in [9.17, 15) is 4.79 Å². The summed E-state index contributed by atoms with van der Waals surface area (Å²) in [4.78, 5) is 16.5. The van der Waals surface area contributed by atoms with Crippen LogP contribution in [0.2, 0.25) is 10.0 Å². The van der Waals surface area contributed by atoms with Crippen LogP contribution in [0.5, 0.6) is 0 Å². The van der Waals surface area contributed by atoms with Crippen LogP contribution in [0.15, 0.2) is 34.8 Å². The largest absolute Gasteiger partial charge is 0.370 e. The number of carbonyl (C=O) groups is 1. The number of amides is 1. The molecule has 0 radical (unpaired) electrons. The minimum atomic E-state index is -0.400. The number of pyridine rings is 1. The molecule has 7 heteroatoms. The average Bonchev–Trinajstić information content (AvgIpc) is 2.46. The first-order valence-electron chi connectivity index (χ1n) is 6.18. The summed E-state index contributed by atoms with van der Waals surface area (Å²) in [6, 6.07) is 8.55. The van der Waals surface area contributed by atoms with Gasteiger partial charge in [0, 0.05) is 6.54 Å². The third kappa shape index (κ3) is 3.87. The van der Waals surface area contributed by atoms with Crippen molar-refractivity contribution < 1.29 is 4.79 Å². The Labute approximate surface area is 141 Å². The highest BCUT2D eigenvalue weighted by Crippen LogP contribution is 2.30. The van der Waals surface area contributed by atoms with E-state index in [0.29, 0.717) is 27.5 Å². The van der Waals surface area contributed by atoms with E-state index in [1.807, 2.05) is 6.92 Å². The molecule has 0 aliphatic carbocycles. The second-order valence-electron chi connectivity index (χ2n) is 4.11. The topological polar surface area (TPSA) is 54.0 Å². The molecule has 0 unspecified atom stereocenters. The van der Waals surface area contributed by atoms with Gasteiger partial charge in [-0.25, -0.2) is 4.98 Å². The molecule has 0 aliphatic rings. The van der Waals surface area contributed by atoms with Crippen LogP contribution in [-0.2, 0) is 0 Å². The molecule has 110 valence electrons. The van der Waals surface area contributed by atoms with E-state index in [0.717, 1.165) is 0 Å². The molecule has 0 aliphatic heterocycles. The summed E-state index contributed by atoms with van der Waals surface area (Å²) in [5, 5.41) is 6.56. The molecule has 1 heterocycles. The van der Waals surface area contributed by atoms with Gasteiger partial charge in [-0.2, -0.15) is 0 Å². The Morgan fingerprint density at radius 1 is 1.24 bits per heavy atom. The first-order chi connectivity index (χ1) is 10.0.